The highest BCUT2D eigenvalue weighted by Gasteiger charge is 1.98. The largest absolute Gasteiger partial charge is 0.321 e. The van der Waals surface area contributed by atoms with Crippen molar-refractivity contribution in [1.29, 1.82) is 0 Å². The quantitative estimate of drug-likeness (QED) is 0.470. The van der Waals surface area contributed by atoms with E-state index >= 15 is 0 Å². The zero-order chi connectivity index (χ0) is 8.53. The number of aldehydes is 1. The lowest BCUT2D eigenvalue weighted by Crippen LogP contribution is -2.24. The van der Waals surface area contributed by atoms with Gasteiger partial charge in [0.25, 0.3) is 0 Å². The Morgan fingerprint density at radius 2 is 2.27 bits per heavy atom. The second kappa shape index (κ2) is 8.08. The zero-order valence-electron chi connectivity index (χ0n) is 7.08. The van der Waals surface area contributed by atoms with Gasteiger partial charge in [-0.15, -0.1) is 0 Å². The molecule has 2 nitrogen and oxygen atoms in total. The van der Waals surface area contributed by atoms with Gasteiger partial charge in [-0.05, 0) is 12.2 Å². The Morgan fingerprint density at radius 1 is 1.55 bits per heavy atom. The van der Waals surface area contributed by atoms with Crippen LogP contribution in [-0.2, 0) is 4.79 Å². The van der Waals surface area contributed by atoms with Crippen LogP contribution in [0.3, 0.4) is 0 Å². The third kappa shape index (κ3) is 7.88. The van der Waals surface area contributed by atoms with Crippen molar-refractivity contribution in [3.8, 4) is 0 Å². The van der Waals surface area contributed by atoms with Crippen LogP contribution in [0.15, 0.2) is 0 Å². The van der Waals surface area contributed by atoms with Gasteiger partial charge in [0.2, 0.25) is 0 Å². The van der Waals surface area contributed by atoms with E-state index in [4.69, 9.17) is 5.73 Å². The Labute approximate surface area is 72.9 Å². The molecule has 2 N–H and O–H groups in total. The third-order valence-corrected chi connectivity index (χ3v) is 2.58. The molecule has 0 aliphatic rings. The highest BCUT2D eigenvalue weighted by Crippen LogP contribution is 2.06. The minimum absolute atomic E-state index is 0.262. The van der Waals surface area contributed by atoms with Crippen molar-refractivity contribution in [1.82, 2.24) is 0 Å². The first-order valence-corrected chi connectivity index (χ1v) is 5.25. The van der Waals surface area contributed by atoms with E-state index < -0.39 is 0 Å². The van der Waals surface area contributed by atoms with Gasteiger partial charge in [0.15, 0.2) is 0 Å². The number of hydrogen-bond acceptors (Lipinski definition) is 3. The topological polar surface area (TPSA) is 43.1 Å². The summed E-state index contributed by atoms with van der Waals surface area (Å²) in [6.45, 7) is 2.18. The minimum Gasteiger partial charge on any atom is -0.321 e. The molecule has 0 rings (SSSR count). The molecule has 0 fully saturated rings. The van der Waals surface area contributed by atoms with Gasteiger partial charge < -0.3 is 10.5 Å². The van der Waals surface area contributed by atoms with Crippen LogP contribution in [0, 0.1) is 0 Å². The standard InChI is InChI=1S/C8H17NOS/c1-2-3-4-5-11-7-8(9)6-10/h6,8H,2-5,7,9H2,1H3/t8-/m0/s1. The summed E-state index contributed by atoms with van der Waals surface area (Å²) in [6, 6.07) is -0.262. The molecule has 11 heavy (non-hydrogen) atoms. The molecule has 1 atom stereocenters. The van der Waals surface area contributed by atoms with Gasteiger partial charge >= 0.3 is 0 Å². The van der Waals surface area contributed by atoms with Crippen molar-refractivity contribution in [2.45, 2.75) is 32.2 Å². The summed E-state index contributed by atoms with van der Waals surface area (Å²) in [5, 5.41) is 0. The molecule has 0 heterocycles. The first kappa shape index (κ1) is 11.0. The van der Waals surface area contributed by atoms with E-state index in [9.17, 15) is 4.79 Å². The molecule has 66 valence electrons. The molecule has 0 saturated heterocycles. The van der Waals surface area contributed by atoms with Gasteiger partial charge in [0.1, 0.15) is 6.29 Å². The molecule has 0 unspecified atom stereocenters. The fraction of sp³-hybridized carbons (Fsp3) is 0.875. The monoisotopic (exact) mass is 175 g/mol. The smallest absolute Gasteiger partial charge is 0.137 e. The maximum Gasteiger partial charge on any atom is 0.137 e. The second-order valence-corrected chi connectivity index (χ2v) is 3.73. The SMILES string of the molecule is CCCCCSC[C@@H](N)C=O. The van der Waals surface area contributed by atoms with Gasteiger partial charge in [0.05, 0.1) is 6.04 Å². The maximum atomic E-state index is 10.1. The van der Waals surface area contributed by atoms with E-state index in [0.29, 0.717) is 0 Å². The molecule has 0 saturated carbocycles. The number of carbonyl (C=O) groups excluding carboxylic acids is 1. The summed E-state index contributed by atoms with van der Waals surface area (Å²) in [7, 11) is 0. The summed E-state index contributed by atoms with van der Waals surface area (Å²) in [5.41, 5.74) is 5.40. The lowest BCUT2D eigenvalue weighted by atomic mass is 10.3. The summed E-state index contributed by atoms with van der Waals surface area (Å²) in [5.74, 6) is 1.91. The van der Waals surface area contributed by atoms with Crippen molar-refractivity contribution in [3.05, 3.63) is 0 Å². The van der Waals surface area contributed by atoms with E-state index in [-0.39, 0.29) is 6.04 Å². The predicted octanol–water partition coefficient (Wildman–Crippen LogP) is 1.44. The van der Waals surface area contributed by atoms with Crippen LogP contribution < -0.4 is 5.73 Å². The van der Waals surface area contributed by atoms with Gasteiger partial charge in [-0.25, -0.2) is 0 Å². The lowest BCUT2D eigenvalue weighted by molar-refractivity contribution is -0.108. The van der Waals surface area contributed by atoms with Crippen molar-refractivity contribution >= 4 is 18.0 Å². The van der Waals surface area contributed by atoms with Crippen LogP contribution in [0.5, 0.6) is 0 Å². The maximum absolute atomic E-state index is 10.1. The highest BCUT2D eigenvalue weighted by molar-refractivity contribution is 7.99. The molecule has 0 radical (unpaired) electrons. The second-order valence-electron chi connectivity index (χ2n) is 2.58. The highest BCUT2D eigenvalue weighted by atomic mass is 32.2. The van der Waals surface area contributed by atoms with E-state index in [2.05, 4.69) is 6.92 Å². The van der Waals surface area contributed by atoms with Gasteiger partial charge in [-0.3, -0.25) is 0 Å². The van der Waals surface area contributed by atoms with E-state index in [1.807, 2.05) is 0 Å². The first-order valence-electron chi connectivity index (χ1n) is 4.10. The Hall–Kier alpha value is -0.0200. The molecular weight excluding hydrogens is 158 g/mol. The molecule has 0 aliphatic carbocycles. The van der Waals surface area contributed by atoms with Crippen LogP contribution in [0.2, 0.25) is 0 Å². The fourth-order valence-electron chi connectivity index (χ4n) is 0.713. The Balaban J connectivity index is 2.95. The average molecular weight is 175 g/mol. The van der Waals surface area contributed by atoms with E-state index in [1.54, 1.807) is 11.8 Å². The van der Waals surface area contributed by atoms with E-state index in [1.165, 1.54) is 19.3 Å². The number of carbonyl (C=O) groups is 1. The molecule has 0 spiro atoms. The van der Waals surface area contributed by atoms with E-state index in [0.717, 1.165) is 17.8 Å². The molecule has 0 aromatic rings. The summed E-state index contributed by atoms with van der Waals surface area (Å²) < 4.78 is 0. The Morgan fingerprint density at radius 3 is 2.82 bits per heavy atom. The molecular formula is C8H17NOS. The van der Waals surface area contributed by atoms with Crippen molar-refractivity contribution in [2.24, 2.45) is 5.73 Å². The predicted molar refractivity (Wildman–Crippen MR) is 50.9 cm³/mol. The average Bonchev–Trinajstić information content (AvgIpc) is 2.04. The molecule has 3 heteroatoms. The van der Waals surface area contributed by atoms with Crippen LogP contribution in [0.1, 0.15) is 26.2 Å². The normalized spacial score (nSPS) is 12.9. The summed E-state index contributed by atoms with van der Waals surface area (Å²) in [4.78, 5) is 10.1. The van der Waals surface area contributed by atoms with Crippen molar-refractivity contribution in [2.75, 3.05) is 11.5 Å². The van der Waals surface area contributed by atoms with Crippen LogP contribution in [0.25, 0.3) is 0 Å². The van der Waals surface area contributed by atoms with Crippen molar-refractivity contribution < 1.29 is 4.79 Å². The fourth-order valence-corrected chi connectivity index (χ4v) is 1.64. The number of hydrogen-bond donors (Lipinski definition) is 1. The Kier molecular flexibility index (Phi) is 8.07. The van der Waals surface area contributed by atoms with Gasteiger partial charge in [0, 0.05) is 5.75 Å². The molecule has 0 aromatic heterocycles. The van der Waals surface area contributed by atoms with Crippen LogP contribution >= 0.6 is 11.8 Å². The zero-order valence-corrected chi connectivity index (χ0v) is 7.90. The summed E-state index contributed by atoms with van der Waals surface area (Å²) in [6.07, 6.45) is 4.59. The molecule has 0 aliphatic heterocycles. The summed E-state index contributed by atoms with van der Waals surface area (Å²) >= 11 is 1.77. The lowest BCUT2D eigenvalue weighted by Gasteiger charge is -2.02. The number of nitrogens with two attached hydrogens (primary N) is 1. The third-order valence-electron chi connectivity index (χ3n) is 1.38. The van der Waals surface area contributed by atoms with Crippen LogP contribution in [-0.4, -0.2) is 23.8 Å². The number of thioether (sulfide) groups is 1. The number of rotatable bonds is 7. The molecule has 0 aromatic carbocycles. The van der Waals surface area contributed by atoms with Gasteiger partial charge in [-0.1, -0.05) is 19.8 Å². The minimum atomic E-state index is -0.262. The molecule has 0 bridgehead atoms. The Bertz CT molecular complexity index is 98.1. The van der Waals surface area contributed by atoms with Crippen molar-refractivity contribution in [3.63, 3.8) is 0 Å². The van der Waals surface area contributed by atoms with Gasteiger partial charge in [-0.2, -0.15) is 11.8 Å². The van der Waals surface area contributed by atoms with Crippen LogP contribution in [0.4, 0.5) is 0 Å². The first-order chi connectivity index (χ1) is 5.31. The number of unbranched alkanes of at least 4 members (excludes halogenated alkanes) is 2. The molecule has 0 amide bonds.